The molecule has 0 saturated heterocycles. The highest BCUT2D eigenvalue weighted by Crippen LogP contribution is 2.32. The third-order valence-corrected chi connectivity index (χ3v) is 3.88. The van der Waals surface area contributed by atoms with E-state index in [1.165, 1.54) is 0 Å². The van der Waals surface area contributed by atoms with Crippen LogP contribution in [0.15, 0.2) is 79.4 Å². The Morgan fingerprint density at radius 2 is 1.38 bits per heavy atom. The van der Waals surface area contributed by atoms with Gasteiger partial charge in [-0.15, -0.1) is 0 Å². The van der Waals surface area contributed by atoms with Crippen molar-refractivity contribution in [2.75, 3.05) is 0 Å². The van der Waals surface area contributed by atoms with Gasteiger partial charge in [0.1, 0.15) is 6.33 Å². The fraction of sp³-hybridized carbons (Fsp3) is 0.0500. The van der Waals surface area contributed by atoms with E-state index in [4.69, 9.17) is 0 Å². The Balaban J connectivity index is 1.95. The molecular weight excluding hydrogens is 296 g/mol. The Bertz CT molecular complexity index is 942. The highest BCUT2D eigenvalue weighted by Gasteiger charge is 2.16. The standard InChI is InChI=1S/C20H16N4/c1-15-12-22-18(13-21-15)24-14-23-19(16-8-4-2-5-9-16)20(24)17-10-6-3-7-11-17/h2-14H,1H3. The molecule has 116 valence electrons. The molecule has 0 fully saturated rings. The predicted octanol–water partition coefficient (Wildman–Crippen LogP) is 4.30. The van der Waals surface area contributed by atoms with Crippen molar-refractivity contribution in [1.29, 1.82) is 0 Å². The molecule has 2 aromatic heterocycles. The maximum Gasteiger partial charge on any atom is 0.156 e. The van der Waals surface area contributed by atoms with Crippen molar-refractivity contribution in [3.63, 3.8) is 0 Å². The molecule has 0 spiro atoms. The van der Waals surface area contributed by atoms with E-state index in [9.17, 15) is 0 Å². The second-order valence-electron chi connectivity index (χ2n) is 5.56. The van der Waals surface area contributed by atoms with Crippen LogP contribution in [0.3, 0.4) is 0 Å². The molecule has 2 heterocycles. The molecule has 4 aromatic rings. The number of benzene rings is 2. The number of rotatable bonds is 3. The summed E-state index contributed by atoms with van der Waals surface area (Å²) in [7, 11) is 0. The lowest BCUT2D eigenvalue weighted by Gasteiger charge is -2.10. The molecule has 2 aromatic carbocycles. The molecule has 0 aliphatic heterocycles. The number of nitrogens with zero attached hydrogens (tertiary/aromatic N) is 4. The summed E-state index contributed by atoms with van der Waals surface area (Å²) >= 11 is 0. The zero-order valence-electron chi connectivity index (χ0n) is 13.3. The lowest BCUT2D eigenvalue weighted by Crippen LogP contribution is -2.00. The molecule has 4 heteroatoms. The van der Waals surface area contributed by atoms with Crippen molar-refractivity contribution < 1.29 is 0 Å². The van der Waals surface area contributed by atoms with Gasteiger partial charge in [0.2, 0.25) is 0 Å². The summed E-state index contributed by atoms with van der Waals surface area (Å²) < 4.78 is 1.99. The first kappa shape index (κ1) is 14.3. The molecule has 4 nitrogen and oxygen atoms in total. The Hall–Kier alpha value is -3.27. The van der Waals surface area contributed by atoms with Gasteiger partial charge in [-0.2, -0.15) is 0 Å². The van der Waals surface area contributed by atoms with Crippen LogP contribution in [0.5, 0.6) is 0 Å². The van der Waals surface area contributed by atoms with E-state index in [1.807, 2.05) is 54.2 Å². The molecule has 4 rings (SSSR count). The van der Waals surface area contributed by atoms with Gasteiger partial charge in [-0.05, 0) is 6.92 Å². The van der Waals surface area contributed by atoms with Gasteiger partial charge >= 0.3 is 0 Å². The first-order valence-electron chi connectivity index (χ1n) is 7.80. The molecule has 0 unspecified atom stereocenters. The smallest absolute Gasteiger partial charge is 0.156 e. The van der Waals surface area contributed by atoms with Crippen molar-refractivity contribution in [3.05, 3.63) is 85.1 Å². The Morgan fingerprint density at radius 1 is 0.708 bits per heavy atom. The molecular formula is C20H16N4. The minimum absolute atomic E-state index is 0.758. The molecule has 0 N–H and O–H groups in total. The average molecular weight is 312 g/mol. The molecule has 24 heavy (non-hydrogen) atoms. The molecule has 0 aliphatic rings. The van der Waals surface area contributed by atoms with E-state index in [-0.39, 0.29) is 0 Å². The minimum Gasteiger partial charge on any atom is -0.281 e. The molecule has 0 atom stereocenters. The van der Waals surface area contributed by atoms with Gasteiger partial charge in [-0.25, -0.2) is 9.97 Å². The summed E-state index contributed by atoms with van der Waals surface area (Å²) in [6.45, 7) is 1.93. The maximum absolute atomic E-state index is 4.66. The topological polar surface area (TPSA) is 43.6 Å². The van der Waals surface area contributed by atoms with Crippen LogP contribution in [0.4, 0.5) is 0 Å². The van der Waals surface area contributed by atoms with E-state index in [0.29, 0.717) is 0 Å². The number of aromatic nitrogens is 4. The minimum atomic E-state index is 0.758. The van der Waals surface area contributed by atoms with Crippen LogP contribution in [-0.4, -0.2) is 19.5 Å². The summed E-state index contributed by atoms with van der Waals surface area (Å²) in [6.07, 6.45) is 5.36. The second-order valence-corrected chi connectivity index (χ2v) is 5.56. The highest BCUT2D eigenvalue weighted by atomic mass is 15.1. The van der Waals surface area contributed by atoms with Gasteiger partial charge in [0.25, 0.3) is 0 Å². The molecule has 0 aliphatic carbocycles. The zero-order chi connectivity index (χ0) is 16.4. The normalized spacial score (nSPS) is 10.7. The van der Waals surface area contributed by atoms with Crippen LogP contribution in [0, 0.1) is 6.92 Å². The first-order valence-corrected chi connectivity index (χ1v) is 7.80. The van der Waals surface area contributed by atoms with Crippen LogP contribution in [0.25, 0.3) is 28.3 Å². The van der Waals surface area contributed by atoms with Crippen molar-refractivity contribution in [2.45, 2.75) is 6.92 Å². The van der Waals surface area contributed by atoms with Crippen molar-refractivity contribution in [2.24, 2.45) is 0 Å². The molecule has 0 saturated carbocycles. The van der Waals surface area contributed by atoms with Crippen LogP contribution in [0.1, 0.15) is 5.69 Å². The van der Waals surface area contributed by atoms with Gasteiger partial charge in [0, 0.05) is 11.1 Å². The van der Waals surface area contributed by atoms with Crippen molar-refractivity contribution in [1.82, 2.24) is 19.5 Å². The van der Waals surface area contributed by atoms with E-state index in [2.05, 4.69) is 39.2 Å². The van der Waals surface area contributed by atoms with Gasteiger partial charge in [0.05, 0.1) is 29.5 Å². The van der Waals surface area contributed by atoms with Crippen LogP contribution < -0.4 is 0 Å². The Labute approximate surface area is 140 Å². The van der Waals surface area contributed by atoms with Crippen molar-refractivity contribution >= 4 is 0 Å². The first-order chi connectivity index (χ1) is 11.8. The van der Waals surface area contributed by atoms with Crippen LogP contribution in [0.2, 0.25) is 0 Å². The fourth-order valence-corrected chi connectivity index (χ4v) is 2.71. The van der Waals surface area contributed by atoms with E-state index >= 15 is 0 Å². The van der Waals surface area contributed by atoms with Gasteiger partial charge in [-0.1, -0.05) is 60.7 Å². The quantitative estimate of drug-likeness (QED) is 0.566. The summed E-state index contributed by atoms with van der Waals surface area (Å²) in [5.74, 6) is 0.758. The highest BCUT2D eigenvalue weighted by molar-refractivity contribution is 5.79. The fourth-order valence-electron chi connectivity index (χ4n) is 2.71. The Morgan fingerprint density at radius 3 is 2.00 bits per heavy atom. The van der Waals surface area contributed by atoms with Crippen LogP contribution >= 0.6 is 0 Å². The zero-order valence-corrected chi connectivity index (χ0v) is 13.3. The monoisotopic (exact) mass is 312 g/mol. The van der Waals surface area contributed by atoms with Crippen molar-refractivity contribution in [3.8, 4) is 28.3 Å². The summed E-state index contributed by atoms with van der Waals surface area (Å²) in [4.78, 5) is 13.5. The average Bonchev–Trinajstić information content (AvgIpc) is 3.09. The summed E-state index contributed by atoms with van der Waals surface area (Å²) in [6, 6.07) is 20.4. The second kappa shape index (κ2) is 6.08. The lowest BCUT2D eigenvalue weighted by atomic mass is 10.0. The Kier molecular flexibility index (Phi) is 3.63. The predicted molar refractivity (Wildman–Crippen MR) is 94.8 cm³/mol. The lowest BCUT2D eigenvalue weighted by molar-refractivity contribution is 0.961. The van der Waals surface area contributed by atoms with E-state index in [0.717, 1.165) is 34.0 Å². The van der Waals surface area contributed by atoms with Crippen LogP contribution in [-0.2, 0) is 0 Å². The maximum atomic E-state index is 4.66. The molecule has 0 bridgehead atoms. The van der Waals surface area contributed by atoms with Gasteiger partial charge < -0.3 is 0 Å². The molecule has 0 radical (unpaired) electrons. The summed E-state index contributed by atoms with van der Waals surface area (Å²) in [5.41, 5.74) is 5.01. The third kappa shape index (κ3) is 2.58. The number of imidazole rings is 1. The number of hydrogen-bond acceptors (Lipinski definition) is 3. The third-order valence-electron chi connectivity index (χ3n) is 3.88. The largest absolute Gasteiger partial charge is 0.281 e. The van der Waals surface area contributed by atoms with E-state index in [1.54, 1.807) is 12.4 Å². The number of hydrogen-bond donors (Lipinski definition) is 0. The van der Waals surface area contributed by atoms with E-state index < -0.39 is 0 Å². The SMILES string of the molecule is Cc1cnc(-n2cnc(-c3ccccc3)c2-c2ccccc2)cn1. The number of aryl methyl sites for hydroxylation is 1. The van der Waals surface area contributed by atoms with Gasteiger partial charge in [-0.3, -0.25) is 9.55 Å². The molecule has 0 amide bonds. The summed E-state index contributed by atoms with van der Waals surface area (Å²) in [5, 5.41) is 0. The van der Waals surface area contributed by atoms with Gasteiger partial charge in [0.15, 0.2) is 5.82 Å².